The number of hydrogen-bond acceptors (Lipinski definition) is 4. The fourth-order valence-corrected chi connectivity index (χ4v) is 2.65. The van der Waals surface area contributed by atoms with E-state index < -0.39 is 5.76 Å². The molecule has 0 saturated carbocycles. The van der Waals surface area contributed by atoms with Crippen LogP contribution in [0.3, 0.4) is 0 Å². The van der Waals surface area contributed by atoms with Crippen LogP contribution >= 0.6 is 0 Å². The fourth-order valence-electron chi connectivity index (χ4n) is 2.65. The molecular weight excluding hydrogens is 320 g/mol. The number of oxazole rings is 1. The highest BCUT2D eigenvalue weighted by Crippen LogP contribution is 2.24. The molecule has 1 heterocycles. The van der Waals surface area contributed by atoms with E-state index in [2.05, 4.69) is 10.3 Å². The Balaban J connectivity index is 1.89. The predicted molar refractivity (Wildman–Crippen MR) is 95.4 cm³/mol. The molecule has 1 aromatic heterocycles. The summed E-state index contributed by atoms with van der Waals surface area (Å²) in [6.07, 6.45) is 0. The maximum Gasteiger partial charge on any atom is 0.417 e. The van der Waals surface area contributed by atoms with Gasteiger partial charge in [0.05, 0.1) is 18.2 Å². The Hall–Kier alpha value is -2.86. The van der Waals surface area contributed by atoms with Gasteiger partial charge in [0.1, 0.15) is 0 Å². The second kappa shape index (κ2) is 6.94. The zero-order chi connectivity index (χ0) is 18.0. The number of benzene rings is 2. The second-order valence-corrected chi connectivity index (χ2v) is 6.31. The first kappa shape index (κ1) is 17.0. The van der Waals surface area contributed by atoms with Crippen LogP contribution < -0.4 is 11.1 Å². The van der Waals surface area contributed by atoms with Gasteiger partial charge in [-0.15, -0.1) is 0 Å². The van der Waals surface area contributed by atoms with E-state index in [-0.39, 0.29) is 24.5 Å². The van der Waals surface area contributed by atoms with Crippen LogP contribution in [-0.4, -0.2) is 28.6 Å². The topological polar surface area (TPSA) is 95.3 Å². The number of carbonyl (C=O) groups excluding carboxylic acids is 1. The van der Waals surface area contributed by atoms with Crippen LogP contribution in [0.2, 0.25) is 0 Å². The van der Waals surface area contributed by atoms with E-state index in [9.17, 15) is 14.7 Å². The first-order valence-corrected chi connectivity index (χ1v) is 8.13. The number of fused-ring (bicyclic) bond motifs is 1. The minimum absolute atomic E-state index is 0.104. The molecule has 25 heavy (non-hydrogen) atoms. The molecule has 6 heteroatoms. The lowest BCUT2D eigenvalue weighted by Crippen LogP contribution is -2.41. The predicted octanol–water partition coefficient (Wildman–Crippen LogP) is 2.53. The Morgan fingerprint density at radius 1 is 1.20 bits per heavy atom. The number of hydrogen-bond donors (Lipinski definition) is 3. The molecule has 1 amide bonds. The first-order valence-electron chi connectivity index (χ1n) is 8.13. The number of aliphatic hydroxyl groups is 1. The van der Waals surface area contributed by atoms with Crippen LogP contribution in [0.15, 0.2) is 51.7 Å². The molecule has 0 unspecified atom stereocenters. The summed E-state index contributed by atoms with van der Waals surface area (Å²) in [4.78, 5) is 26.3. The normalized spacial score (nSPS) is 12.5. The lowest BCUT2D eigenvalue weighted by Gasteiger charge is -2.20. The summed E-state index contributed by atoms with van der Waals surface area (Å²) in [5.41, 5.74) is 3.32. The number of aliphatic hydroxyl groups excluding tert-OH is 1. The van der Waals surface area contributed by atoms with Crippen molar-refractivity contribution >= 4 is 17.0 Å². The second-order valence-electron chi connectivity index (χ2n) is 6.31. The number of amides is 1. The van der Waals surface area contributed by atoms with Crippen molar-refractivity contribution in [2.45, 2.75) is 19.9 Å². The van der Waals surface area contributed by atoms with Crippen molar-refractivity contribution in [1.29, 1.82) is 0 Å². The van der Waals surface area contributed by atoms with Crippen molar-refractivity contribution in [2.75, 3.05) is 6.61 Å². The van der Waals surface area contributed by atoms with Gasteiger partial charge in [0, 0.05) is 5.56 Å². The molecule has 3 N–H and O–H groups in total. The van der Waals surface area contributed by atoms with Crippen LogP contribution in [0.5, 0.6) is 0 Å². The van der Waals surface area contributed by atoms with E-state index in [0.29, 0.717) is 16.7 Å². The van der Waals surface area contributed by atoms with Gasteiger partial charge >= 0.3 is 5.76 Å². The summed E-state index contributed by atoms with van der Waals surface area (Å²) in [6.45, 7) is 3.78. The average Bonchev–Trinajstić information content (AvgIpc) is 2.98. The van der Waals surface area contributed by atoms with Gasteiger partial charge in [-0.1, -0.05) is 32.0 Å². The number of rotatable bonds is 5. The van der Waals surface area contributed by atoms with E-state index in [1.54, 1.807) is 24.3 Å². The molecule has 0 aliphatic heterocycles. The summed E-state index contributed by atoms with van der Waals surface area (Å²) in [5.74, 6) is -0.589. The van der Waals surface area contributed by atoms with Crippen LogP contribution in [0, 0.1) is 5.92 Å². The van der Waals surface area contributed by atoms with Crippen LogP contribution in [-0.2, 0) is 0 Å². The van der Waals surface area contributed by atoms with Crippen LogP contribution in [0.1, 0.15) is 24.2 Å². The number of aromatic amines is 1. The van der Waals surface area contributed by atoms with Crippen molar-refractivity contribution < 1.29 is 14.3 Å². The van der Waals surface area contributed by atoms with Crippen LogP contribution in [0.25, 0.3) is 22.2 Å². The van der Waals surface area contributed by atoms with E-state index in [1.165, 1.54) is 0 Å². The quantitative estimate of drug-likeness (QED) is 0.665. The van der Waals surface area contributed by atoms with Crippen molar-refractivity contribution in [3.05, 3.63) is 58.6 Å². The zero-order valence-electron chi connectivity index (χ0n) is 14.1. The minimum atomic E-state index is -0.496. The first-order chi connectivity index (χ1) is 12.0. The molecule has 0 spiro atoms. The van der Waals surface area contributed by atoms with E-state index in [4.69, 9.17) is 4.42 Å². The van der Waals surface area contributed by atoms with Crippen molar-refractivity contribution in [3.63, 3.8) is 0 Å². The Labute approximate surface area is 144 Å². The van der Waals surface area contributed by atoms with Crippen molar-refractivity contribution in [1.82, 2.24) is 10.3 Å². The highest BCUT2D eigenvalue weighted by atomic mass is 16.4. The van der Waals surface area contributed by atoms with E-state index >= 15 is 0 Å². The van der Waals surface area contributed by atoms with E-state index in [0.717, 1.165) is 11.1 Å². The Kier molecular flexibility index (Phi) is 4.72. The summed E-state index contributed by atoms with van der Waals surface area (Å²) in [5, 5.41) is 12.2. The lowest BCUT2D eigenvalue weighted by atomic mass is 10.0. The molecule has 2 aromatic carbocycles. The van der Waals surface area contributed by atoms with Gasteiger partial charge in [-0.2, -0.15) is 0 Å². The van der Waals surface area contributed by atoms with Gasteiger partial charge in [-0.05, 0) is 41.3 Å². The van der Waals surface area contributed by atoms with Gasteiger partial charge in [0.15, 0.2) is 5.58 Å². The molecule has 0 fully saturated rings. The third-order valence-corrected chi connectivity index (χ3v) is 4.19. The molecule has 3 rings (SSSR count). The molecule has 130 valence electrons. The smallest absolute Gasteiger partial charge is 0.408 e. The number of H-pyrrole nitrogens is 1. The molecule has 0 aliphatic rings. The molecule has 0 radical (unpaired) electrons. The summed E-state index contributed by atoms with van der Waals surface area (Å²) < 4.78 is 5.00. The summed E-state index contributed by atoms with van der Waals surface area (Å²) in [6, 6.07) is 12.3. The van der Waals surface area contributed by atoms with Crippen molar-refractivity contribution in [3.8, 4) is 11.1 Å². The van der Waals surface area contributed by atoms with Gasteiger partial charge < -0.3 is 14.8 Å². The van der Waals surface area contributed by atoms with Crippen LogP contribution in [0.4, 0.5) is 0 Å². The third-order valence-electron chi connectivity index (χ3n) is 4.19. The summed E-state index contributed by atoms with van der Waals surface area (Å²) in [7, 11) is 0. The van der Waals surface area contributed by atoms with Gasteiger partial charge in [-0.3, -0.25) is 9.78 Å². The zero-order valence-corrected chi connectivity index (χ0v) is 14.1. The molecule has 0 saturated heterocycles. The molecule has 0 bridgehead atoms. The Morgan fingerprint density at radius 3 is 2.68 bits per heavy atom. The Bertz CT molecular complexity index is 955. The number of aromatic nitrogens is 1. The highest BCUT2D eigenvalue weighted by Gasteiger charge is 2.16. The van der Waals surface area contributed by atoms with Gasteiger partial charge in [0.25, 0.3) is 5.91 Å². The maximum atomic E-state index is 12.4. The highest BCUT2D eigenvalue weighted by molar-refractivity contribution is 5.96. The van der Waals surface area contributed by atoms with Crippen molar-refractivity contribution in [2.24, 2.45) is 5.92 Å². The minimum Gasteiger partial charge on any atom is -0.408 e. The SMILES string of the molecule is CC(C)[C@H](CO)NC(=O)c1cccc(-c2ccc3oc(=O)[nH]c3c2)c1. The third kappa shape index (κ3) is 3.64. The Morgan fingerprint density at radius 2 is 1.96 bits per heavy atom. The molecular formula is C19H20N2O4. The standard InChI is InChI=1S/C19H20N2O4/c1-11(2)16(10-22)20-18(23)14-5-3-4-12(8-14)13-6-7-17-15(9-13)21-19(24)25-17/h3-9,11,16,22H,10H2,1-2H3,(H,20,23)(H,21,24)/t16-/m0/s1. The van der Waals surface area contributed by atoms with E-state index in [1.807, 2.05) is 32.0 Å². The fraction of sp³-hybridized carbons (Fsp3) is 0.263. The summed E-state index contributed by atoms with van der Waals surface area (Å²) >= 11 is 0. The van der Waals surface area contributed by atoms with Gasteiger partial charge in [0.2, 0.25) is 0 Å². The average molecular weight is 340 g/mol. The maximum absolute atomic E-state index is 12.4. The molecule has 0 aliphatic carbocycles. The molecule has 6 nitrogen and oxygen atoms in total. The molecule has 3 aromatic rings. The lowest BCUT2D eigenvalue weighted by molar-refractivity contribution is 0.0897. The number of carbonyl (C=O) groups is 1. The monoisotopic (exact) mass is 340 g/mol. The number of nitrogens with one attached hydrogen (secondary N) is 2. The molecule has 1 atom stereocenters. The largest absolute Gasteiger partial charge is 0.417 e. The van der Waals surface area contributed by atoms with Gasteiger partial charge in [-0.25, -0.2) is 4.79 Å².